The topological polar surface area (TPSA) is 0 Å². The van der Waals surface area contributed by atoms with Crippen molar-refractivity contribution in [2.45, 2.75) is 46.0 Å². The summed E-state index contributed by atoms with van der Waals surface area (Å²) < 4.78 is 13.6. The second kappa shape index (κ2) is 3.72. The van der Waals surface area contributed by atoms with E-state index in [1.54, 1.807) is 6.07 Å². The molecule has 0 saturated carbocycles. The first-order valence-corrected chi connectivity index (χ1v) is 5.12. The van der Waals surface area contributed by atoms with Gasteiger partial charge in [-0.25, -0.2) is 4.39 Å². The Morgan fingerprint density at radius 2 is 1.71 bits per heavy atom. The standard InChI is InChI=1S/C13H19F/c1-9(2)11-7-6-10(8-12(11)14)13(3,4)5/h6-9H,1-5H3. The molecule has 0 fully saturated rings. The zero-order valence-corrected chi connectivity index (χ0v) is 9.69. The van der Waals surface area contributed by atoms with Gasteiger partial charge in [0.25, 0.3) is 0 Å². The van der Waals surface area contributed by atoms with E-state index in [1.165, 1.54) is 0 Å². The van der Waals surface area contributed by atoms with Crippen LogP contribution in [0.5, 0.6) is 0 Å². The lowest BCUT2D eigenvalue weighted by molar-refractivity contribution is 0.561. The zero-order valence-electron chi connectivity index (χ0n) is 9.69. The molecular formula is C13H19F. The molecule has 0 amide bonds. The van der Waals surface area contributed by atoms with Gasteiger partial charge in [-0.15, -0.1) is 0 Å². The summed E-state index contributed by atoms with van der Waals surface area (Å²) in [5.74, 6) is 0.177. The Labute approximate surface area is 86.2 Å². The van der Waals surface area contributed by atoms with Gasteiger partial charge in [-0.05, 0) is 28.5 Å². The van der Waals surface area contributed by atoms with Crippen LogP contribution in [0.3, 0.4) is 0 Å². The van der Waals surface area contributed by atoms with Gasteiger partial charge in [0.1, 0.15) is 5.82 Å². The molecule has 0 saturated heterocycles. The third kappa shape index (κ3) is 2.34. The molecule has 0 bridgehead atoms. The summed E-state index contributed by atoms with van der Waals surface area (Å²) in [6, 6.07) is 5.59. The second-order valence-electron chi connectivity index (χ2n) is 5.14. The van der Waals surface area contributed by atoms with E-state index >= 15 is 0 Å². The van der Waals surface area contributed by atoms with Crippen LogP contribution in [0.15, 0.2) is 18.2 Å². The van der Waals surface area contributed by atoms with E-state index in [4.69, 9.17) is 0 Å². The molecule has 0 heterocycles. The Kier molecular flexibility index (Phi) is 2.98. The first kappa shape index (κ1) is 11.2. The molecule has 1 aromatic rings. The lowest BCUT2D eigenvalue weighted by Gasteiger charge is -2.20. The molecule has 1 aromatic carbocycles. The van der Waals surface area contributed by atoms with E-state index < -0.39 is 0 Å². The maximum atomic E-state index is 13.6. The maximum Gasteiger partial charge on any atom is 0.126 e. The van der Waals surface area contributed by atoms with Crippen LogP contribution < -0.4 is 0 Å². The summed E-state index contributed by atoms with van der Waals surface area (Å²) in [5.41, 5.74) is 1.88. The molecule has 0 atom stereocenters. The summed E-state index contributed by atoms with van der Waals surface area (Å²) >= 11 is 0. The highest BCUT2D eigenvalue weighted by Crippen LogP contribution is 2.26. The van der Waals surface area contributed by atoms with Crippen molar-refractivity contribution in [3.63, 3.8) is 0 Å². The van der Waals surface area contributed by atoms with Gasteiger partial charge >= 0.3 is 0 Å². The van der Waals surface area contributed by atoms with Gasteiger partial charge in [0.05, 0.1) is 0 Å². The molecule has 0 aromatic heterocycles. The van der Waals surface area contributed by atoms with Gasteiger partial charge in [-0.1, -0.05) is 46.8 Å². The molecule has 1 heteroatoms. The van der Waals surface area contributed by atoms with E-state index in [2.05, 4.69) is 20.8 Å². The fraction of sp³-hybridized carbons (Fsp3) is 0.538. The molecule has 0 spiro atoms. The Balaban J connectivity index is 3.13. The summed E-state index contributed by atoms with van der Waals surface area (Å²) in [4.78, 5) is 0. The van der Waals surface area contributed by atoms with E-state index in [1.807, 2.05) is 26.0 Å². The van der Waals surface area contributed by atoms with Crippen molar-refractivity contribution in [3.8, 4) is 0 Å². The van der Waals surface area contributed by atoms with Crippen molar-refractivity contribution in [2.24, 2.45) is 0 Å². The third-order valence-electron chi connectivity index (χ3n) is 2.49. The van der Waals surface area contributed by atoms with E-state index in [0.717, 1.165) is 11.1 Å². The van der Waals surface area contributed by atoms with Crippen LogP contribution >= 0.6 is 0 Å². The molecular weight excluding hydrogens is 175 g/mol. The highest BCUT2D eigenvalue weighted by Gasteiger charge is 2.16. The smallest absolute Gasteiger partial charge is 0.126 e. The summed E-state index contributed by atoms with van der Waals surface area (Å²) in [7, 11) is 0. The molecule has 1 rings (SSSR count). The molecule has 14 heavy (non-hydrogen) atoms. The zero-order chi connectivity index (χ0) is 10.9. The first-order valence-electron chi connectivity index (χ1n) is 5.12. The Morgan fingerprint density at radius 1 is 1.14 bits per heavy atom. The molecule has 0 nitrogen and oxygen atoms in total. The SMILES string of the molecule is CC(C)c1ccc(C(C)(C)C)cc1F. The van der Waals surface area contributed by atoms with Crippen LogP contribution in [0, 0.1) is 5.82 Å². The second-order valence-corrected chi connectivity index (χ2v) is 5.14. The van der Waals surface area contributed by atoms with Gasteiger partial charge in [-0.2, -0.15) is 0 Å². The Hall–Kier alpha value is -0.850. The predicted octanol–water partition coefficient (Wildman–Crippen LogP) is 4.25. The van der Waals surface area contributed by atoms with Crippen molar-refractivity contribution in [2.75, 3.05) is 0 Å². The van der Waals surface area contributed by atoms with Crippen LogP contribution in [-0.4, -0.2) is 0 Å². The molecule has 0 aliphatic rings. The minimum absolute atomic E-state index is 0.0242. The lowest BCUT2D eigenvalue weighted by Crippen LogP contribution is -2.11. The average molecular weight is 194 g/mol. The maximum absolute atomic E-state index is 13.6. The van der Waals surface area contributed by atoms with Gasteiger partial charge in [0.15, 0.2) is 0 Å². The van der Waals surface area contributed by atoms with Crippen molar-refractivity contribution >= 4 is 0 Å². The van der Waals surface area contributed by atoms with Crippen LogP contribution in [0.4, 0.5) is 4.39 Å². The summed E-state index contributed by atoms with van der Waals surface area (Å²) in [6.07, 6.45) is 0. The van der Waals surface area contributed by atoms with Gasteiger partial charge in [0.2, 0.25) is 0 Å². The lowest BCUT2D eigenvalue weighted by atomic mass is 9.85. The molecule has 0 aliphatic carbocycles. The monoisotopic (exact) mass is 194 g/mol. The Bertz CT molecular complexity index is 318. The van der Waals surface area contributed by atoms with Crippen LogP contribution in [-0.2, 0) is 5.41 Å². The van der Waals surface area contributed by atoms with E-state index in [9.17, 15) is 4.39 Å². The molecule has 0 aliphatic heterocycles. The van der Waals surface area contributed by atoms with Crippen molar-refractivity contribution in [1.29, 1.82) is 0 Å². The van der Waals surface area contributed by atoms with E-state index in [0.29, 0.717) is 0 Å². The molecule has 0 N–H and O–H groups in total. The highest BCUT2D eigenvalue weighted by atomic mass is 19.1. The molecule has 78 valence electrons. The quantitative estimate of drug-likeness (QED) is 0.627. The number of hydrogen-bond donors (Lipinski definition) is 0. The fourth-order valence-electron chi connectivity index (χ4n) is 1.46. The predicted molar refractivity (Wildman–Crippen MR) is 59.2 cm³/mol. The van der Waals surface area contributed by atoms with E-state index in [-0.39, 0.29) is 17.2 Å². The number of rotatable bonds is 1. The normalized spacial score (nSPS) is 12.2. The largest absolute Gasteiger partial charge is 0.207 e. The van der Waals surface area contributed by atoms with Gasteiger partial charge in [-0.3, -0.25) is 0 Å². The fourth-order valence-corrected chi connectivity index (χ4v) is 1.46. The number of benzene rings is 1. The number of halogens is 1. The minimum Gasteiger partial charge on any atom is -0.207 e. The van der Waals surface area contributed by atoms with Crippen LogP contribution in [0.2, 0.25) is 0 Å². The molecule has 0 unspecified atom stereocenters. The van der Waals surface area contributed by atoms with Crippen molar-refractivity contribution < 1.29 is 4.39 Å². The Morgan fingerprint density at radius 3 is 2.07 bits per heavy atom. The highest BCUT2D eigenvalue weighted by molar-refractivity contribution is 5.30. The summed E-state index contributed by atoms with van der Waals surface area (Å²) in [6.45, 7) is 10.3. The average Bonchev–Trinajstić information content (AvgIpc) is 2.01. The van der Waals surface area contributed by atoms with Gasteiger partial charge < -0.3 is 0 Å². The molecule has 0 radical (unpaired) electrons. The van der Waals surface area contributed by atoms with Crippen LogP contribution in [0.25, 0.3) is 0 Å². The first-order chi connectivity index (χ1) is 6.32. The minimum atomic E-state index is -0.0765. The van der Waals surface area contributed by atoms with Crippen molar-refractivity contribution in [3.05, 3.63) is 35.1 Å². The number of hydrogen-bond acceptors (Lipinski definition) is 0. The van der Waals surface area contributed by atoms with Crippen LogP contribution in [0.1, 0.15) is 51.7 Å². The van der Waals surface area contributed by atoms with Gasteiger partial charge in [0, 0.05) is 0 Å². The summed E-state index contributed by atoms with van der Waals surface area (Å²) in [5, 5.41) is 0. The third-order valence-corrected chi connectivity index (χ3v) is 2.49. The van der Waals surface area contributed by atoms with Crippen molar-refractivity contribution in [1.82, 2.24) is 0 Å².